The van der Waals surface area contributed by atoms with Gasteiger partial charge in [0.05, 0.1) is 11.2 Å². The zero-order chi connectivity index (χ0) is 17.6. The number of hydrogen-bond acceptors (Lipinski definition) is 5. The van der Waals surface area contributed by atoms with E-state index in [2.05, 4.69) is 25.8 Å². The lowest BCUT2D eigenvalue weighted by molar-refractivity contribution is 0.628. The summed E-state index contributed by atoms with van der Waals surface area (Å²) in [5, 5.41) is 14.7. The Bertz CT molecular complexity index is 858. The fourth-order valence-corrected chi connectivity index (χ4v) is 2.44. The van der Waals surface area contributed by atoms with E-state index in [0.717, 1.165) is 6.42 Å². The molecule has 0 atom stereocenters. The van der Waals surface area contributed by atoms with Gasteiger partial charge in [0, 0.05) is 17.3 Å². The number of nitrogens with one attached hydrogen (secondary N) is 2. The van der Waals surface area contributed by atoms with E-state index in [4.69, 9.17) is 23.2 Å². The monoisotopic (exact) mass is 377 g/mol. The lowest BCUT2D eigenvalue weighted by Crippen LogP contribution is -2.08. The van der Waals surface area contributed by atoms with Crippen LogP contribution >= 0.6 is 23.2 Å². The number of rotatable bonds is 6. The number of benzene rings is 2. The topological polar surface area (TPSA) is 62.7 Å². The highest BCUT2D eigenvalue weighted by molar-refractivity contribution is 6.31. The summed E-state index contributed by atoms with van der Waals surface area (Å²) in [6.07, 6.45) is 2.35. The van der Waals surface area contributed by atoms with Crippen molar-refractivity contribution < 1.29 is 4.39 Å². The Labute approximate surface area is 154 Å². The summed E-state index contributed by atoms with van der Waals surface area (Å²) < 4.78 is 13.2. The van der Waals surface area contributed by atoms with Crippen LogP contribution in [-0.4, -0.2) is 21.7 Å². The first-order valence-corrected chi connectivity index (χ1v) is 8.26. The third kappa shape index (κ3) is 5.01. The number of halogens is 3. The molecule has 0 saturated carbocycles. The van der Waals surface area contributed by atoms with Crippen molar-refractivity contribution in [2.75, 3.05) is 17.2 Å². The van der Waals surface area contributed by atoms with Crippen molar-refractivity contribution in [3.05, 3.63) is 70.1 Å². The van der Waals surface area contributed by atoms with E-state index in [1.54, 1.807) is 6.07 Å². The fourth-order valence-electron chi connectivity index (χ4n) is 2.13. The first-order chi connectivity index (χ1) is 12.1. The largest absolute Gasteiger partial charge is 0.368 e. The highest BCUT2D eigenvalue weighted by atomic mass is 35.5. The van der Waals surface area contributed by atoms with Gasteiger partial charge in [-0.25, -0.2) is 4.39 Å². The molecule has 0 unspecified atom stereocenters. The quantitative estimate of drug-likeness (QED) is 0.650. The number of anilines is 3. The Morgan fingerprint density at radius 3 is 2.60 bits per heavy atom. The summed E-state index contributed by atoms with van der Waals surface area (Å²) >= 11 is 11.6. The first kappa shape index (κ1) is 17.4. The normalized spacial score (nSPS) is 10.5. The highest BCUT2D eigenvalue weighted by Crippen LogP contribution is 2.21. The van der Waals surface area contributed by atoms with Gasteiger partial charge in [-0.15, -0.1) is 5.10 Å². The van der Waals surface area contributed by atoms with Gasteiger partial charge < -0.3 is 10.6 Å². The molecule has 3 rings (SSSR count). The second-order valence-corrected chi connectivity index (χ2v) is 6.07. The maximum absolute atomic E-state index is 13.2. The molecular formula is C17H14Cl2FN5. The fraction of sp³-hybridized carbons (Fsp3) is 0.118. The van der Waals surface area contributed by atoms with E-state index in [1.165, 1.54) is 23.9 Å². The average molecular weight is 378 g/mol. The second-order valence-electron chi connectivity index (χ2n) is 5.22. The standard InChI is InChI=1S/C17H14Cl2FN5/c18-12-3-1-11(2-4-12)7-8-21-16-10-22-25-17(24-16)23-13-5-6-15(20)14(19)9-13/h1-6,9-10H,7-8H2,(H2,21,23,24,25). The summed E-state index contributed by atoms with van der Waals surface area (Å²) in [6, 6.07) is 12.0. The molecule has 0 aliphatic rings. The minimum Gasteiger partial charge on any atom is -0.368 e. The molecule has 25 heavy (non-hydrogen) atoms. The van der Waals surface area contributed by atoms with Crippen LogP contribution in [-0.2, 0) is 6.42 Å². The van der Waals surface area contributed by atoms with Crippen LogP contribution in [0, 0.1) is 5.82 Å². The van der Waals surface area contributed by atoms with Crippen LogP contribution < -0.4 is 10.6 Å². The Hall–Kier alpha value is -2.44. The Morgan fingerprint density at radius 2 is 1.84 bits per heavy atom. The molecule has 2 aromatic carbocycles. The van der Waals surface area contributed by atoms with Crippen LogP contribution in [0.15, 0.2) is 48.7 Å². The SMILES string of the molecule is Fc1ccc(Nc2nncc(NCCc3ccc(Cl)cc3)n2)cc1Cl. The lowest BCUT2D eigenvalue weighted by atomic mass is 10.1. The van der Waals surface area contributed by atoms with E-state index >= 15 is 0 Å². The molecule has 1 heterocycles. The van der Waals surface area contributed by atoms with Gasteiger partial charge in [-0.05, 0) is 42.3 Å². The molecule has 5 nitrogen and oxygen atoms in total. The number of nitrogens with zero attached hydrogens (tertiary/aromatic N) is 3. The van der Waals surface area contributed by atoms with Crippen LogP contribution in [0.1, 0.15) is 5.56 Å². The third-order valence-electron chi connectivity index (χ3n) is 3.37. The lowest BCUT2D eigenvalue weighted by Gasteiger charge is -2.08. The predicted octanol–water partition coefficient (Wildman–Crippen LogP) is 4.72. The molecule has 0 saturated heterocycles. The smallest absolute Gasteiger partial charge is 0.249 e. The van der Waals surface area contributed by atoms with E-state index < -0.39 is 5.82 Å². The molecule has 0 aliphatic heterocycles. The second kappa shape index (κ2) is 8.09. The number of aromatic nitrogens is 3. The Morgan fingerprint density at radius 1 is 1.04 bits per heavy atom. The molecule has 128 valence electrons. The highest BCUT2D eigenvalue weighted by Gasteiger charge is 2.04. The van der Waals surface area contributed by atoms with E-state index in [1.807, 2.05) is 24.3 Å². The molecule has 0 amide bonds. The molecular weight excluding hydrogens is 364 g/mol. The number of hydrogen-bond donors (Lipinski definition) is 2. The van der Waals surface area contributed by atoms with Crippen molar-refractivity contribution in [1.82, 2.24) is 15.2 Å². The Balaban J connectivity index is 1.59. The zero-order valence-corrected chi connectivity index (χ0v) is 14.5. The minimum atomic E-state index is -0.483. The summed E-state index contributed by atoms with van der Waals surface area (Å²) in [5.41, 5.74) is 1.74. The van der Waals surface area contributed by atoms with Crippen LogP contribution in [0.4, 0.5) is 21.8 Å². The van der Waals surface area contributed by atoms with Crippen LogP contribution in [0.25, 0.3) is 0 Å². The van der Waals surface area contributed by atoms with Gasteiger partial charge in [0.15, 0.2) is 5.82 Å². The van der Waals surface area contributed by atoms with Gasteiger partial charge in [-0.2, -0.15) is 10.1 Å². The van der Waals surface area contributed by atoms with Crippen molar-refractivity contribution in [1.29, 1.82) is 0 Å². The molecule has 0 spiro atoms. The van der Waals surface area contributed by atoms with Crippen molar-refractivity contribution in [2.45, 2.75) is 6.42 Å². The molecule has 8 heteroatoms. The van der Waals surface area contributed by atoms with E-state index in [0.29, 0.717) is 29.0 Å². The summed E-state index contributed by atoms with van der Waals surface area (Å²) in [6.45, 7) is 0.683. The van der Waals surface area contributed by atoms with Crippen LogP contribution in [0.5, 0.6) is 0 Å². The maximum atomic E-state index is 13.2. The molecule has 0 bridgehead atoms. The van der Waals surface area contributed by atoms with Gasteiger partial charge in [0.2, 0.25) is 5.95 Å². The first-order valence-electron chi connectivity index (χ1n) is 7.50. The minimum absolute atomic E-state index is 0.0233. The molecule has 2 N–H and O–H groups in total. The third-order valence-corrected chi connectivity index (χ3v) is 3.91. The van der Waals surface area contributed by atoms with Crippen LogP contribution in [0.3, 0.4) is 0 Å². The van der Waals surface area contributed by atoms with E-state index in [-0.39, 0.29) is 5.02 Å². The van der Waals surface area contributed by atoms with Gasteiger partial charge in [0.25, 0.3) is 0 Å². The molecule has 0 aliphatic carbocycles. The van der Waals surface area contributed by atoms with E-state index in [9.17, 15) is 4.39 Å². The van der Waals surface area contributed by atoms with Crippen molar-refractivity contribution in [2.24, 2.45) is 0 Å². The molecule has 0 radical (unpaired) electrons. The van der Waals surface area contributed by atoms with Gasteiger partial charge in [-0.3, -0.25) is 0 Å². The maximum Gasteiger partial charge on any atom is 0.249 e. The summed E-state index contributed by atoms with van der Waals surface area (Å²) in [7, 11) is 0. The zero-order valence-electron chi connectivity index (χ0n) is 13.0. The van der Waals surface area contributed by atoms with Gasteiger partial charge >= 0.3 is 0 Å². The predicted molar refractivity (Wildman–Crippen MR) is 98.2 cm³/mol. The summed E-state index contributed by atoms with van der Waals surface area (Å²) in [4.78, 5) is 4.31. The Kier molecular flexibility index (Phi) is 5.63. The molecule has 3 aromatic rings. The summed E-state index contributed by atoms with van der Waals surface area (Å²) in [5.74, 6) is 0.391. The van der Waals surface area contributed by atoms with Crippen molar-refractivity contribution in [3.63, 3.8) is 0 Å². The van der Waals surface area contributed by atoms with Crippen LogP contribution in [0.2, 0.25) is 10.0 Å². The van der Waals surface area contributed by atoms with Crippen molar-refractivity contribution in [3.8, 4) is 0 Å². The van der Waals surface area contributed by atoms with Gasteiger partial charge in [-0.1, -0.05) is 35.3 Å². The molecule has 0 fully saturated rings. The van der Waals surface area contributed by atoms with Crippen molar-refractivity contribution >= 4 is 40.7 Å². The average Bonchev–Trinajstić information content (AvgIpc) is 2.60. The van der Waals surface area contributed by atoms with Gasteiger partial charge in [0.1, 0.15) is 5.82 Å². The molecule has 1 aromatic heterocycles.